The summed E-state index contributed by atoms with van der Waals surface area (Å²) in [6.45, 7) is 2.90. The van der Waals surface area contributed by atoms with Crippen LogP contribution in [0.15, 0.2) is 121 Å². The highest BCUT2D eigenvalue weighted by Gasteiger charge is 2.18. The lowest BCUT2D eigenvalue weighted by Crippen LogP contribution is -2.27. The van der Waals surface area contributed by atoms with Crippen molar-refractivity contribution < 1.29 is 9.53 Å². The van der Waals surface area contributed by atoms with Crippen molar-refractivity contribution in [2.24, 2.45) is 0 Å². The van der Waals surface area contributed by atoms with Crippen molar-refractivity contribution in [1.82, 2.24) is 15.2 Å². The third-order valence-corrected chi connectivity index (χ3v) is 8.22. The Morgan fingerprint density at radius 2 is 1.43 bits per heavy atom. The van der Waals surface area contributed by atoms with E-state index in [0.29, 0.717) is 18.8 Å². The van der Waals surface area contributed by atoms with Gasteiger partial charge in [-0.2, -0.15) is 0 Å². The Balaban J connectivity index is 1.28. The predicted octanol–water partition coefficient (Wildman–Crippen LogP) is 7.35. The van der Waals surface area contributed by atoms with Crippen LogP contribution in [-0.4, -0.2) is 36.0 Å². The molecule has 0 fully saturated rings. The summed E-state index contributed by atoms with van der Waals surface area (Å²) in [4.78, 5) is 20.0. The number of methoxy groups -OCH3 is 1. The molecule has 5 rings (SSSR count). The summed E-state index contributed by atoms with van der Waals surface area (Å²) in [5.41, 5.74) is 5.53. The SMILES string of the molecule is COc1ccc(CN(CCC(c2ccccc2)c2ccccc2)Cc2nc(C(=O)NCCc3ccccc3)cs2)cc1. The summed E-state index contributed by atoms with van der Waals surface area (Å²) in [6.07, 6.45) is 1.76. The van der Waals surface area contributed by atoms with Gasteiger partial charge in [-0.15, -0.1) is 11.3 Å². The van der Waals surface area contributed by atoms with Gasteiger partial charge >= 0.3 is 0 Å². The molecular weight excluding hydrogens is 538 g/mol. The molecule has 0 saturated carbocycles. The number of carbonyl (C=O) groups is 1. The van der Waals surface area contributed by atoms with E-state index in [1.54, 1.807) is 18.4 Å². The Bertz CT molecular complexity index is 1470. The number of hydrogen-bond acceptors (Lipinski definition) is 5. The second-order valence-corrected chi connectivity index (χ2v) is 11.3. The van der Waals surface area contributed by atoms with Crippen molar-refractivity contribution in [1.29, 1.82) is 0 Å². The van der Waals surface area contributed by atoms with E-state index in [-0.39, 0.29) is 11.8 Å². The second-order valence-electron chi connectivity index (χ2n) is 10.3. The quantitative estimate of drug-likeness (QED) is 0.150. The van der Waals surface area contributed by atoms with Crippen LogP contribution in [0.25, 0.3) is 0 Å². The molecule has 0 bridgehead atoms. The van der Waals surface area contributed by atoms with Crippen LogP contribution in [0.2, 0.25) is 0 Å². The van der Waals surface area contributed by atoms with E-state index in [1.807, 2.05) is 35.7 Å². The lowest BCUT2D eigenvalue weighted by molar-refractivity contribution is 0.0949. The number of carbonyl (C=O) groups excluding carboxylic acids is 1. The first-order valence-corrected chi connectivity index (χ1v) is 15.3. The van der Waals surface area contributed by atoms with Gasteiger partial charge in [-0.1, -0.05) is 103 Å². The molecule has 1 N–H and O–H groups in total. The normalized spacial score (nSPS) is 11.1. The number of aromatic nitrogens is 1. The van der Waals surface area contributed by atoms with Gasteiger partial charge in [0.05, 0.1) is 13.7 Å². The number of ether oxygens (including phenoxy) is 1. The molecular formula is C36H37N3O2S. The van der Waals surface area contributed by atoms with E-state index in [4.69, 9.17) is 9.72 Å². The number of nitrogens with zero attached hydrogens (tertiary/aromatic N) is 2. The lowest BCUT2D eigenvalue weighted by atomic mass is 9.88. The van der Waals surface area contributed by atoms with E-state index in [0.717, 1.165) is 36.7 Å². The molecule has 0 radical (unpaired) electrons. The van der Waals surface area contributed by atoms with Gasteiger partial charge in [-0.3, -0.25) is 9.69 Å². The Morgan fingerprint density at radius 3 is 2.05 bits per heavy atom. The zero-order chi connectivity index (χ0) is 29.0. The number of thiazole rings is 1. The summed E-state index contributed by atoms with van der Waals surface area (Å²) >= 11 is 1.55. The van der Waals surface area contributed by atoms with Gasteiger partial charge in [0.2, 0.25) is 0 Å². The minimum absolute atomic E-state index is 0.122. The highest BCUT2D eigenvalue weighted by molar-refractivity contribution is 7.09. The molecule has 0 unspecified atom stereocenters. The molecule has 1 aromatic heterocycles. The van der Waals surface area contributed by atoms with Crippen molar-refractivity contribution in [2.45, 2.75) is 31.8 Å². The van der Waals surface area contributed by atoms with Crippen LogP contribution in [-0.2, 0) is 19.5 Å². The van der Waals surface area contributed by atoms with Crippen LogP contribution in [0.5, 0.6) is 5.75 Å². The van der Waals surface area contributed by atoms with E-state index in [1.165, 1.54) is 22.3 Å². The molecule has 4 aromatic carbocycles. The number of benzene rings is 4. The topological polar surface area (TPSA) is 54.5 Å². The maximum Gasteiger partial charge on any atom is 0.270 e. The molecule has 5 nitrogen and oxygen atoms in total. The monoisotopic (exact) mass is 575 g/mol. The van der Waals surface area contributed by atoms with Crippen LogP contribution in [0, 0.1) is 0 Å². The Morgan fingerprint density at radius 1 is 0.810 bits per heavy atom. The highest BCUT2D eigenvalue weighted by Crippen LogP contribution is 2.29. The molecule has 5 aromatic rings. The van der Waals surface area contributed by atoms with Crippen LogP contribution < -0.4 is 10.1 Å². The fourth-order valence-electron chi connectivity index (χ4n) is 5.15. The third kappa shape index (κ3) is 8.38. The fourth-order valence-corrected chi connectivity index (χ4v) is 5.96. The van der Waals surface area contributed by atoms with Crippen LogP contribution in [0.3, 0.4) is 0 Å². The number of rotatable bonds is 14. The van der Waals surface area contributed by atoms with E-state index in [2.05, 4.69) is 95.1 Å². The second kappa shape index (κ2) is 15.1. The van der Waals surface area contributed by atoms with E-state index >= 15 is 0 Å². The zero-order valence-electron chi connectivity index (χ0n) is 24.0. The highest BCUT2D eigenvalue weighted by atomic mass is 32.1. The van der Waals surface area contributed by atoms with Crippen LogP contribution in [0.1, 0.15) is 50.1 Å². The molecule has 1 heterocycles. The van der Waals surface area contributed by atoms with Crippen molar-refractivity contribution in [3.05, 3.63) is 154 Å². The Kier molecular flexibility index (Phi) is 10.5. The predicted molar refractivity (Wildman–Crippen MR) is 171 cm³/mol. The first-order chi connectivity index (χ1) is 20.7. The third-order valence-electron chi connectivity index (χ3n) is 7.39. The first-order valence-electron chi connectivity index (χ1n) is 14.4. The molecule has 0 aliphatic rings. The largest absolute Gasteiger partial charge is 0.497 e. The van der Waals surface area contributed by atoms with E-state index < -0.39 is 0 Å². The van der Waals surface area contributed by atoms with Gasteiger partial charge in [0.1, 0.15) is 16.5 Å². The summed E-state index contributed by atoms with van der Waals surface area (Å²) in [5, 5.41) is 5.83. The molecule has 0 aliphatic carbocycles. The van der Waals surface area contributed by atoms with Gasteiger partial charge in [-0.25, -0.2) is 4.98 Å². The molecule has 1 amide bonds. The maximum absolute atomic E-state index is 12.8. The molecule has 0 spiro atoms. The van der Waals surface area contributed by atoms with Crippen molar-refractivity contribution in [3.8, 4) is 5.75 Å². The summed E-state index contributed by atoms with van der Waals surface area (Å²) < 4.78 is 5.37. The molecule has 0 saturated heterocycles. The standard InChI is InChI=1S/C36H37N3O2S/c1-41-32-19-17-29(18-20-32)25-39(24-22-33(30-13-7-3-8-14-30)31-15-9-4-10-16-31)26-35-38-34(27-42-35)36(40)37-23-21-28-11-5-2-6-12-28/h2-20,27,33H,21-26H2,1H3,(H,37,40). The number of hydrogen-bond donors (Lipinski definition) is 1. The number of nitrogens with one attached hydrogen (secondary N) is 1. The molecule has 0 atom stereocenters. The Hall–Kier alpha value is -4.26. The summed E-state index contributed by atoms with van der Waals surface area (Å²) in [6, 6.07) is 39.9. The minimum atomic E-state index is -0.122. The molecule has 214 valence electrons. The van der Waals surface area contributed by atoms with E-state index in [9.17, 15) is 4.79 Å². The minimum Gasteiger partial charge on any atom is -0.497 e. The van der Waals surface area contributed by atoms with Crippen LogP contribution >= 0.6 is 11.3 Å². The van der Waals surface area contributed by atoms with Crippen LogP contribution in [0.4, 0.5) is 0 Å². The van der Waals surface area contributed by atoms with Gasteiger partial charge in [-0.05, 0) is 53.8 Å². The van der Waals surface area contributed by atoms with Gasteiger partial charge in [0, 0.05) is 24.4 Å². The average Bonchev–Trinajstić information content (AvgIpc) is 3.51. The lowest BCUT2D eigenvalue weighted by Gasteiger charge is -2.25. The van der Waals surface area contributed by atoms with Gasteiger partial charge in [0.25, 0.3) is 5.91 Å². The van der Waals surface area contributed by atoms with Crippen molar-refractivity contribution in [3.63, 3.8) is 0 Å². The maximum atomic E-state index is 12.8. The van der Waals surface area contributed by atoms with Crippen molar-refractivity contribution in [2.75, 3.05) is 20.2 Å². The van der Waals surface area contributed by atoms with Gasteiger partial charge in [0.15, 0.2) is 0 Å². The van der Waals surface area contributed by atoms with Crippen molar-refractivity contribution >= 4 is 17.2 Å². The zero-order valence-corrected chi connectivity index (χ0v) is 24.8. The van der Waals surface area contributed by atoms with Gasteiger partial charge < -0.3 is 10.1 Å². The molecule has 0 aliphatic heterocycles. The molecule has 6 heteroatoms. The summed E-state index contributed by atoms with van der Waals surface area (Å²) in [7, 11) is 1.69. The number of amides is 1. The summed E-state index contributed by atoms with van der Waals surface area (Å²) in [5.74, 6) is 1.01. The smallest absolute Gasteiger partial charge is 0.270 e. The molecule has 42 heavy (non-hydrogen) atoms. The first kappa shape index (κ1) is 29.2. The Labute approximate surface area is 252 Å². The fraction of sp³-hybridized carbons (Fsp3) is 0.222. The average molecular weight is 576 g/mol.